The lowest BCUT2D eigenvalue weighted by molar-refractivity contribution is -0.150. The molecule has 0 aromatic carbocycles. The molecule has 0 saturated heterocycles. The van der Waals surface area contributed by atoms with Crippen molar-refractivity contribution in [2.24, 2.45) is 0 Å². The fourth-order valence-corrected chi connectivity index (χ4v) is 2.62. The number of ether oxygens (including phenoxy) is 2. The van der Waals surface area contributed by atoms with Gasteiger partial charge in [0.15, 0.2) is 0 Å². The van der Waals surface area contributed by atoms with Crippen LogP contribution < -0.4 is 0 Å². The monoisotopic (exact) mass is 394 g/mol. The van der Waals surface area contributed by atoms with Crippen LogP contribution in [0.15, 0.2) is 24.3 Å². The van der Waals surface area contributed by atoms with Crippen molar-refractivity contribution in [2.75, 3.05) is 13.2 Å². The van der Waals surface area contributed by atoms with Crippen LogP contribution in [0, 0.1) is 0 Å². The Morgan fingerprint density at radius 1 is 0.571 bits per heavy atom. The van der Waals surface area contributed by atoms with E-state index in [9.17, 15) is 9.59 Å². The molecule has 0 rings (SSSR count). The highest BCUT2D eigenvalue weighted by molar-refractivity contribution is 5.77. The molecule has 0 spiro atoms. The minimum Gasteiger partial charge on any atom is -0.466 e. The number of carbonyl (C=O) groups excluding carboxylic acids is 2. The van der Waals surface area contributed by atoms with Gasteiger partial charge in [-0.05, 0) is 51.4 Å². The minimum absolute atomic E-state index is 0.100. The van der Waals surface area contributed by atoms with Crippen LogP contribution in [-0.2, 0) is 19.1 Å². The summed E-state index contributed by atoms with van der Waals surface area (Å²) in [5, 5.41) is 0. The van der Waals surface area contributed by atoms with Gasteiger partial charge in [-0.15, -0.1) is 0 Å². The molecule has 0 atom stereocenters. The van der Waals surface area contributed by atoms with E-state index in [1.807, 2.05) is 0 Å². The molecule has 0 bridgehead atoms. The second kappa shape index (κ2) is 21.7. The zero-order valence-electron chi connectivity index (χ0n) is 18.3. The molecule has 0 amide bonds. The van der Waals surface area contributed by atoms with Gasteiger partial charge in [-0.25, -0.2) is 0 Å². The van der Waals surface area contributed by atoms with Crippen molar-refractivity contribution in [3.05, 3.63) is 24.3 Å². The van der Waals surface area contributed by atoms with E-state index < -0.39 is 0 Å². The van der Waals surface area contributed by atoms with E-state index in [2.05, 4.69) is 38.2 Å². The second-order valence-electron chi connectivity index (χ2n) is 7.16. The first-order valence-corrected chi connectivity index (χ1v) is 11.3. The van der Waals surface area contributed by atoms with Gasteiger partial charge in [0.2, 0.25) is 0 Å². The van der Waals surface area contributed by atoms with Crippen LogP contribution in [0.1, 0.15) is 104 Å². The Morgan fingerprint density at radius 2 is 0.929 bits per heavy atom. The maximum absolute atomic E-state index is 11.6. The summed E-state index contributed by atoms with van der Waals surface area (Å²) in [5.74, 6) is -0.641. The van der Waals surface area contributed by atoms with E-state index in [1.165, 1.54) is 38.5 Å². The van der Waals surface area contributed by atoms with E-state index in [0.717, 1.165) is 38.5 Å². The number of unbranched alkanes of at least 4 members (excludes halogenated alkanes) is 8. The highest BCUT2D eigenvalue weighted by atomic mass is 16.5. The number of allylic oxidation sites excluding steroid dienone is 4. The quantitative estimate of drug-likeness (QED) is 0.139. The average Bonchev–Trinajstić information content (AvgIpc) is 2.69. The van der Waals surface area contributed by atoms with Crippen molar-refractivity contribution >= 4 is 11.9 Å². The van der Waals surface area contributed by atoms with E-state index in [-0.39, 0.29) is 24.8 Å². The molecule has 0 aliphatic carbocycles. The molecule has 0 heterocycles. The molecular formula is C24H42O4. The summed E-state index contributed by atoms with van der Waals surface area (Å²) in [6.07, 6.45) is 22.2. The Kier molecular flexibility index (Phi) is 20.5. The summed E-state index contributed by atoms with van der Waals surface area (Å²) in [5.41, 5.74) is 0. The van der Waals surface area contributed by atoms with Crippen molar-refractivity contribution in [2.45, 2.75) is 104 Å². The highest BCUT2D eigenvalue weighted by Gasteiger charge is 2.08. The van der Waals surface area contributed by atoms with Gasteiger partial charge >= 0.3 is 11.9 Å². The Hall–Kier alpha value is -1.58. The fraction of sp³-hybridized carbons (Fsp3) is 0.750. The van der Waals surface area contributed by atoms with E-state index in [0.29, 0.717) is 13.2 Å². The standard InChI is InChI=1S/C24H42O4/c1-3-5-7-9-11-13-15-17-21-27-23(25)19-20-24(26)28-22-18-16-14-12-10-8-6-4-2/h11-14H,3-10,15-22H2,1-2H3/b13-11+,14-12+. The summed E-state index contributed by atoms with van der Waals surface area (Å²) >= 11 is 0. The molecule has 4 nitrogen and oxygen atoms in total. The predicted octanol–water partition coefficient (Wildman–Crippen LogP) is 6.69. The number of hydrogen-bond acceptors (Lipinski definition) is 4. The number of hydrogen-bond donors (Lipinski definition) is 0. The van der Waals surface area contributed by atoms with Gasteiger partial charge in [0.25, 0.3) is 0 Å². The maximum Gasteiger partial charge on any atom is 0.306 e. The first kappa shape index (κ1) is 26.4. The molecule has 0 N–H and O–H groups in total. The van der Waals surface area contributed by atoms with Gasteiger partial charge < -0.3 is 9.47 Å². The van der Waals surface area contributed by atoms with Gasteiger partial charge in [0.05, 0.1) is 26.1 Å². The average molecular weight is 395 g/mol. The third kappa shape index (κ3) is 20.7. The summed E-state index contributed by atoms with van der Waals surface area (Å²) in [7, 11) is 0. The number of carbonyl (C=O) groups is 2. The van der Waals surface area contributed by atoms with Crippen LogP contribution in [0.3, 0.4) is 0 Å². The molecule has 162 valence electrons. The molecule has 4 heteroatoms. The first-order valence-electron chi connectivity index (χ1n) is 11.3. The fourth-order valence-electron chi connectivity index (χ4n) is 2.62. The Morgan fingerprint density at radius 3 is 1.29 bits per heavy atom. The smallest absolute Gasteiger partial charge is 0.306 e. The molecule has 0 aliphatic rings. The van der Waals surface area contributed by atoms with Crippen molar-refractivity contribution in [3.8, 4) is 0 Å². The SMILES string of the molecule is CCCCC/C=C/CCCOC(=O)CCC(=O)OCCC/C=C/CCCCC. The topological polar surface area (TPSA) is 52.6 Å². The Bertz CT molecular complexity index is 386. The Balaban J connectivity index is 3.45. The van der Waals surface area contributed by atoms with E-state index >= 15 is 0 Å². The number of rotatable bonds is 19. The maximum atomic E-state index is 11.6. The van der Waals surface area contributed by atoms with Crippen LogP contribution in [0.2, 0.25) is 0 Å². The molecule has 0 unspecified atom stereocenters. The summed E-state index contributed by atoms with van der Waals surface area (Å²) in [6.45, 7) is 5.23. The van der Waals surface area contributed by atoms with Gasteiger partial charge in [-0.3, -0.25) is 9.59 Å². The second-order valence-corrected chi connectivity index (χ2v) is 7.16. The first-order chi connectivity index (χ1) is 13.7. The minimum atomic E-state index is -0.320. The van der Waals surface area contributed by atoms with E-state index in [4.69, 9.17) is 9.47 Å². The van der Waals surface area contributed by atoms with Gasteiger partial charge in [-0.2, -0.15) is 0 Å². The molecule has 0 aliphatic heterocycles. The summed E-state index contributed by atoms with van der Waals surface area (Å²) in [4.78, 5) is 23.2. The normalized spacial score (nSPS) is 11.4. The number of esters is 2. The Labute approximate surface area is 172 Å². The largest absolute Gasteiger partial charge is 0.466 e. The molecule has 0 aromatic rings. The van der Waals surface area contributed by atoms with Gasteiger partial charge in [0.1, 0.15) is 0 Å². The zero-order valence-corrected chi connectivity index (χ0v) is 18.3. The lowest BCUT2D eigenvalue weighted by Crippen LogP contribution is -2.11. The summed E-state index contributed by atoms with van der Waals surface area (Å²) in [6, 6.07) is 0. The van der Waals surface area contributed by atoms with Crippen LogP contribution >= 0.6 is 0 Å². The third-order valence-corrected chi connectivity index (χ3v) is 4.37. The zero-order chi connectivity index (χ0) is 20.7. The van der Waals surface area contributed by atoms with Crippen LogP contribution in [0.4, 0.5) is 0 Å². The molecule has 0 fully saturated rings. The van der Waals surface area contributed by atoms with Gasteiger partial charge in [-0.1, -0.05) is 63.8 Å². The van der Waals surface area contributed by atoms with Crippen molar-refractivity contribution < 1.29 is 19.1 Å². The van der Waals surface area contributed by atoms with Crippen LogP contribution in [0.5, 0.6) is 0 Å². The summed E-state index contributed by atoms with van der Waals surface area (Å²) < 4.78 is 10.3. The van der Waals surface area contributed by atoms with Crippen molar-refractivity contribution in [3.63, 3.8) is 0 Å². The van der Waals surface area contributed by atoms with Crippen LogP contribution in [0.25, 0.3) is 0 Å². The van der Waals surface area contributed by atoms with Gasteiger partial charge in [0, 0.05) is 0 Å². The molecule has 0 saturated carbocycles. The highest BCUT2D eigenvalue weighted by Crippen LogP contribution is 2.04. The molecule has 28 heavy (non-hydrogen) atoms. The predicted molar refractivity (Wildman–Crippen MR) is 116 cm³/mol. The molecule has 0 radical (unpaired) electrons. The lowest BCUT2D eigenvalue weighted by atomic mass is 10.2. The lowest BCUT2D eigenvalue weighted by Gasteiger charge is -2.05. The molecular weight excluding hydrogens is 352 g/mol. The van der Waals surface area contributed by atoms with E-state index in [1.54, 1.807) is 0 Å². The third-order valence-electron chi connectivity index (χ3n) is 4.37. The molecule has 0 aromatic heterocycles. The van der Waals surface area contributed by atoms with Crippen molar-refractivity contribution in [1.29, 1.82) is 0 Å². The van der Waals surface area contributed by atoms with Crippen molar-refractivity contribution in [1.82, 2.24) is 0 Å². The van der Waals surface area contributed by atoms with Crippen LogP contribution in [-0.4, -0.2) is 25.2 Å².